The van der Waals surface area contributed by atoms with Gasteiger partial charge in [-0.1, -0.05) is 17.7 Å². The Morgan fingerprint density at radius 1 is 1.30 bits per heavy atom. The number of hydrogen-bond acceptors (Lipinski definition) is 5. The number of carbonyl (C=O) groups is 1. The Bertz CT molecular complexity index is 753. The van der Waals surface area contributed by atoms with Crippen LogP contribution in [0.1, 0.15) is 18.4 Å². The number of aryl methyl sites for hydroxylation is 1. The van der Waals surface area contributed by atoms with Crippen molar-refractivity contribution in [2.24, 2.45) is 11.7 Å². The molecule has 1 saturated heterocycles. The molecule has 1 aromatic rings. The van der Waals surface area contributed by atoms with E-state index in [1.54, 1.807) is 23.1 Å². The van der Waals surface area contributed by atoms with Gasteiger partial charge in [0.25, 0.3) is 0 Å². The molecule has 0 aromatic heterocycles. The first-order valence-electron chi connectivity index (χ1n) is 7.31. The standard InChI is InChI=1S/C16H19N3O3S/c1-12-2-4-14(5-3-12)23(21,22)15(10-17)11-19-8-6-13(7-9-19)16(18)20/h2-5,11,13H,6-9H2,1H3,(H2,18,20). The minimum Gasteiger partial charge on any atom is -0.376 e. The Morgan fingerprint density at radius 3 is 2.35 bits per heavy atom. The molecule has 0 bridgehead atoms. The van der Waals surface area contributed by atoms with Crippen molar-refractivity contribution in [1.82, 2.24) is 4.90 Å². The second-order valence-electron chi connectivity index (χ2n) is 5.63. The molecule has 122 valence electrons. The van der Waals surface area contributed by atoms with Crippen LogP contribution in [-0.2, 0) is 14.6 Å². The van der Waals surface area contributed by atoms with Crippen LogP contribution in [0.4, 0.5) is 0 Å². The van der Waals surface area contributed by atoms with Gasteiger partial charge in [-0.3, -0.25) is 4.79 Å². The molecule has 0 spiro atoms. The van der Waals surface area contributed by atoms with Crippen molar-refractivity contribution in [3.63, 3.8) is 0 Å². The van der Waals surface area contributed by atoms with E-state index in [0.717, 1.165) is 5.56 Å². The zero-order valence-electron chi connectivity index (χ0n) is 12.9. The molecule has 2 N–H and O–H groups in total. The van der Waals surface area contributed by atoms with Gasteiger partial charge in [-0.25, -0.2) is 8.42 Å². The molecule has 0 atom stereocenters. The highest BCUT2D eigenvalue weighted by Gasteiger charge is 2.25. The number of amides is 1. The van der Waals surface area contributed by atoms with Crippen molar-refractivity contribution in [3.8, 4) is 6.07 Å². The highest BCUT2D eigenvalue weighted by Crippen LogP contribution is 2.22. The molecule has 1 aliphatic heterocycles. The molecule has 1 fully saturated rings. The predicted octanol–water partition coefficient (Wildman–Crippen LogP) is 1.33. The van der Waals surface area contributed by atoms with Crippen LogP contribution < -0.4 is 5.73 Å². The Labute approximate surface area is 136 Å². The van der Waals surface area contributed by atoms with E-state index in [4.69, 9.17) is 5.73 Å². The third-order valence-electron chi connectivity index (χ3n) is 3.96. The normalized spacial score (nSPS) is 16.9. The Kier molecular flexibility index (Phi) is 5.06. The fraction of sp³-hybridized carbons (Fsp3) is 0.375. The minimum absolute atomic E-state index is 0.0999. The Balaban J connectivity index is 2.21. The number of primary amides is 1. The molecule has 7 heteroatoms. The summed E-state index contributed by atoms with van der Waals surface area (Å²) in [5.41, 5.74) is 6.22. The summed E-state index contributed by atoms with van der Waals surface area (Å²) in [4.78, 5) is 12.7. The van der Waals surface area contributed by atoms with E-state index in [0.29, 0.717) is 25.9 Å². The molecule has 1 heterocycles. The maximum absolute atomic E-state index is 12.5. The van der Waals surface area contributed by atoms with Gasteiger partial charge in [0.1, 0.15) is 6.07 Å². The smallest absolute Gasteiger partial charge is 0.220 e. The highest BCUT2D eigenvalue weighted by atomic mass is 32.2. The van der Waals surface area contributed by atoms with Crippen LogP contribution in [-0.4, -0.2) is 32.3 Å². The van der Waals surface area contributed by atoms with Crippen LogP contribution in [0.15, 0.2) is 40.3 Å². The summed E-state index contributed by atoms with van der Waals surface area (Å²) in [6.07, 6.45) is 2.50. The Hall–Kier alpha value is -2.33. The number of carbonyl (C=O) groups excluding carboxylic acids is 1. The monoisotopic (exact) mass is 333 g/mol. The van der Waals surface area contributed by atoms with Crippen LogP contribution in [0.5, 0.6) is 0 Å². The van der Waals surface area contributed by atoms with Crippen molar-refractivity contribution in [2.45, 2.75) is 24.7 Å². The van der Waals surface area contributed by atoms with Crippen molar-refractivity contribution < 1.29 is 13.2 Å². The third kappa shape index (κ3) is 3.90. The summed E-state index contributed by atoms with van der Waals surface area (Å²) in [6, 6.07) is 8.16. The van der Waals surface area contributed by atoms with Gasteiger partial charge in [-0.05, 0) is 31.9 Å². The lowest BCUT2D eigenvalue weighted by Gasteiger charge is -2.29. The van der Waals surface area contributed by atoms with Gasteiger partial charge < -0.3 is 10.6 Å². The summed E-state index contributed by atoms with van der Waals surface area (Å²) >= 11 is 0. The predicted molar refractivity (Wildman–Crippen MR) is 85.6 cm³/mol. The lowest BCUT2D eigenvalue weighted by Crippen LogP contribution is -2.36. The van der Waals surface area contributed by atoms with Gasteiger partial charge >= 0.3 is 0 Å². The molecule has 1 amide bonds. The van der Waals surface area contributed by atoms with E-state index in [1.807, 2.05) is 6.92 Å². The molecule has 23 heavy (non-hydrogen) atoms. The number of sulfone groups is 1. The topological polar surface area (TPSA) is 104 Å². The lowest BCUT2D eigenvalue weighted by atomic mass is 9.97. The molecular formula is C16H19N3O3S. The number of nitrogens with two attached hydrogens (primary N) is 1. The van der Waals surface area contributed by atoms with E-state index in [2.05, 4.69) is 0 Å². The Morgan fingerprint density at radius 2 is 1.87 bits per heavy atom. The molecule has 0 radical (unpaired) electrons. The number of nitrogens with zero attached hydrogens (tertiary/aromatic N) is 2. The molecular weight excluding hydrogens is 314 g/mol. The SMILES string of the molecule is Cc1ccc(S(=O)(=O)C(C#N)=CN2CCC(C(N)=O)CC2)cc1. The van der Waals surface area contributed by atoms with Gasteiger partial charge in [0, 0.05) is 25.2 Å². The summed E-state index contributed by atoms with van der Waals surface area (Å²) < 4.78 is 25.1. The summed E-state index contributed by atoms with van der Waals surface area (Å²) in [5, 5.41) is 9.25. The molecule has 1 aliphatic rings. The number of benzene rings is 1. The number of piperidine rings is 1. The second-order valence-corrected chi connectivity index (χ2v) is 7.55. The van der Waals surface area contributed by atoms with Gasteiger partial charge in [0.15, 0.2) is 4.91 Å². The molecule has 0 aliphatic carbocycles. The van der Waals surface area contributed by atoms with Gasteiger partial charge in [0.2, 0.25) is 15.7 Å². The number of rotatable bonds is 4. The number of hydrogen-bond donors (Lipinski definition) is 1. The zero-order chi connectivity index (χ0) is 17.0. The zero-order valence-corrected chi connectivity index (χ0v) is 13.7. The van der Waals surface area contributed by atoms with Crippen molar-refractivity contribution in [1.29, 1.82) is 5.26 Å². The van der Waals surface area contributed by atoms with Crippen LogP contribution in [0.2, 0.25) is 0 Å². The van der Waals surface area contributed by atoms with E-state index >= 15 is 0 Å². The summed E-state index contributed by atoms with van der Waals surface area (Å²) in [6.45, 7) is 2.87. The quantitative estimate of drug-likeness (QED) is 0.837. The van der Waals surface area contributed by atoms with Crippen LogP contribution >= 0.6 is 0 Å². The van der Waals surface area contributed by atoms with Gasteiger partial charge in [0.05, 0.1) is 4.90 Å². The van der Waals surface area contributed by atoms with Crippen molar-refractivity contribution in [3.05, 3.63) is 40.9 Å². The average Bonchev–Trinajstić information content (AvgIpc) is 2.53. The molecule has 2 rings (SSSR count). The largest absolute Gasteiger partial charge is 0.376 e. The third-order valence-corrected chi connectivity index (χ3v) is 5.63. The maximum Gasteiger partial charge on any atom is 0.220 e. The molecule has 0 unspecified atom stereocenters. The molecule has 1 aromatic carbocycles. The van der Waals surface area contributed by atoms with Crippen LogP contribution in [0.3, 0.4) is 0 Å². The minimum atomic E-state index is -3.83. The van der Waals surface area contributed by atoms with Gasteiger partial charge in [-0.2, -0.15) is 5.26 Å². The number of allylic oxidation sites excluding steroid dienone is 1. The fourth-order valence-electron chi connectivity index (χ4n) is 2.48. The second kappa shape index (κ2) is 6.84. The van der Waals surface area contributed by atoms with E-state index < -0.39 is 9.84 Å². The van der Waals surface area contributed by atoms with E-state index in [1.165, 1.54) is 18.3 Å². The van der Waals surface area contributed by atoms with Crippen molar-refractivity contribution >= 4 is 15.7 Å². The van der Waals surface area contributed by atoms with E-state index in [9.17, 15) is 18.5 Å². The first-order valence-corrected chi connectivity index (χ1v) is 8.80. The van der Waals surface area contributed by atoms with Crippen LogP contribution in [0, 0.1) is 24.2 Å². The van der Waals surface area contributed by atoms with Crippen molar-refractivity contribution in [2.75, 3.05) is 13.1 Å². The first-order chi connectivity index (χ1) is 10.8. The van der Waals surface area contributed by atoms with E-state index in [-0.39, 0.29) is 21.6 Å². The number of nitriles is 1. The fourth-order valence-corrected chi connectivity index (χ4v) is 3.64. The summed E-state index contributed by atoms with van der Waals surface area (Å²) in [7, 11) is -3.83. The van der Waals surface area contributed by atoms with Gasteiger partial charge in [-0.15, -0.1) is 0 Å². The summed E-state index contributed by atoms with van der Waals surface area (Å²) in [5.74, 6) is -0.514. The maximum atomic E-state index is 12.5. The first kappa shape index (κ1) is 17.0. The highest BCUT2D eigenvalue weighted by molar-refractivity contribution is 7.95. The lowest BCUT2D eigenvalue weighted by molar-refractivity contribution is -0.122. The molecule has 0 saturated carbocycles. The van der Waals surface area contributed by atoms with Crippen LogP contribution in [0.25, 0.3) is 0 Å². The number of likely N-dealkylation sites (tertiary alicyclic amines) is 1. The molecule has 6 nitrogen and oxygen atoms in total. The average molecular weight is 333 g/mol.